The van der Waals surface area contributed by atoms with Gasteiger partial charge < -0.3 is 4.74 Å². The zero-order valence-electron chi connectivity index (χ0n) is 8.14. The highest BCUT2D eigenvalue weighted by atomic mass is 19.1. The number of hydrogen-bond donors (Lipinski definition) is 0. The number of ether oxygens (including phenoxy) is 1. The van der Waals surface area contributed by atoms with E-state index in [0.29, 0.717) is 6.61 Å². The Labute approximate surface area is 78.5 Å². The summed E-state index contributed by atoms with van der Waals surface area (Å²) >= 11 is 0. The smallest absolute Gasteiger partial charge is 0.123 e. The Bertz CT molecular complexity index is 271. The van der Waals surface area contributed by atoms with E-state index in [9.17, 15) is 4.39 Å². The molecule has 0 aliphatic heterocycles. The fourth-order valence-electron chi connectivity index (χ4n) is 1.31. The van der Waals surface area contributed by atoms with Crippen LogP contribution in [0.1, 0.15) is 25.8 Å². The first-order valence-electron chi connectivity index (χ1n) is 4.69. The molecule has 0 atom stereocenters. The maximum Gasteiger partial charge on any atom is 0.123 e. The third kappa shape index (κ3) is 2.72. The normalized spacial score (nSPS) is 10.1. The molecule has 0 spiro atoms. The molecule has 0 radical (unpaired) electrons. The zero-order valence-corrected chi connectivity index (χ0v) is 8.14. The Kier molecular flexibility index (Phi) is 3.74. The molecule has 0 amide bonds. The summed E-state index contributed by atoms with van der Waals surface area (Å²) in [6, 6.07) is 4.68. The summed E-state index contributed by atoms with van der Waals surface area (Å²) in [7, 11) is 0. The lowest BCUT2D eigenvalue weighted by Gasteiger charge is -2.08. The van der Waals surface area contributed by atoms with Crippen molar-refractivity contribution in [2.24, 2.45) is 0 Å². The van der Waals surface area contributed by atoms with Crippen LogP contribution >= 0.6 is 0 Å². The van der Waals surface area contributed by atoms with E-state index in [1.54, 1.807) is 12.1 Å². The lowest BCUT2D eigenvalue weighted by atomic mass is 10.1. The summed E-state index contributed by atoms with van der Waals surface area (Å²) in [4.78, 5) is 0. The van der Waals surface area contributed by atoms with E-state index in [4.69, 9.17) is 4.74 Å². The Morgan fingerprint density at radius 3 is 2.69 bits per heavy atom. The minimum absolute atomic E-state index is 0.188. The van der Waals surface area contributed by atoms with Crippen LogP contribution in [-0.2, 0) is 6.42 Å². The van der Waals surface area contributed by atoms with E-state index in [1.165, 1.54) is 6.07 Å². The molecule has 0 saturated carbocycles. The van der Waals surface area contributed by atoms with Gasteiger partial charge in [0.25, 0.3) is 0 Å². The molecule has 72 valence electrons. The summed E-state index contributed by atoms with van der Waals surface area (Å²) in [5.41, 5.74) is 0.962. The van der Waals surface area contributed by atoms with E-state index >= 15 is 0 Å². The number of aryl methyl sites for hydroxylation is 1. The van der Waals surface area contributed by atoms with Crippen LogP contribution < -0.4 is 4.74 Å². The molecule has 0 N–H and O–H groups in total. The van der Waals surface area contributed by atoms with Crippen molar-refractivity contribution in [2.75, 3.05) is 6.61 Å². The molecule has 2 heteroatoms. The van der Waals surface area contributed by atoms with Gasteiger partial charge in [-0.2, -0.15) is 0 Å². The second-order valence-electron chi connectivity index (χ2n) is 2.94. The molecule has 1 nitrogen and oxygen atoms in total. The van der Waals surface area contributed by atoms with Crippen LogP contribution in [0.4, 0.5) is 4.39 Å². The van der Waals surface area contributed by atoms with Gasteiger partial charge >= 0.3 is 0 Å². The monoisotopic (exact) mass is 182 g/mol. The minimum Gasteiger partial charge on any atom is -0.494 e. The fraction of sp³-hybridized carbons (Fsp3) is 0.455. The average Bonchev–Trinajstić information content (AvgIpc) is 2.10. The second kappa shape index (κ2) is 4.85. The van der Waals surface area contributed by atoms with Crippen LogP contribution in [0.3, 0.4) is 0 Å². The zero-order chi connectivity index (χ0) is 9.68. The van der Waals surface area contributed by atoms with Gasteiger partial charge in [-0.15, -0.1) is 0 Å². The van der Waals surface area contributed by atoms with E-state index in [1.807, 2.05) is 6.92 Å². The summed E-state index contributed by atoms with van der Waals surface area (Å²) < 4.78 is 18.2. The highest BCUT2D eigenvalue weighted by Crippen LogP contribution is 2.20. The van der Waals surface area contributed by atoms with Crippen molar-refractivity contribution in [3.8, 4) is 5.75 Å². The molecule has 13 heavy (non-hydrogen) atoms. The first kappa shape index (κ1) is 10.0. The molecular formula is C11H15FO. The molecule has 1 aromatic carbocycles. The van der Waals surface area contributed by atoms with Crippen molar-refractivity contribution in [3.05, 3.63) is 29.6 Å². The highest BCUT2D eigenvalue weighted by Gasteiger charge is 2.03. The van der Waals surface area contributed by atoms with Gasteiger partial charge in [-0.3, -0.25) is 0 Å². The van der Waals surface area contributed by atoms with Crippen molar-refractivity contribution >= 4 is 0 Å². The summed E-state index contributed by atoms with van der Waals surface area (Å²) in [6.07, 6.45) is 1.87. The summed E-state index contributed by atoms with van der Waals surface area (Å²) in [5.74, 6) is 0.623. The highest BCUT2D eigenvalue weighted by molar-refractivity contribution is 5.34. The number of halogens is 1. The van der Waals surface area contributed by atoms with Crippen LogP contribution in [0.2, 0.25) is 0 Å². The fourth-order valence-corrected chi connectivity index (χ4v) is 1.31. The summed E-state index contributed by atoms with van der Waals surface area (Å²) in [5, 5.41) is 0. The predicted octanol–water partition coefficient (Wildman–Crippen LogP) is 3.18. The molecule has 1 rings (SSSR count). The van der Waals surface area contributed by atoms with Gasteiger partial charge in [0.15, 0.2) is 0 Å². The van der Waals surface area contributed by atoms with E-state index in [-0.39, 0.29) is 5.82 Å². The molecular weight excluding hydrogens is 167 g/mol. The van der Waals surface area contributed by atoms with Crippen molar-refractivity contribution in [1.82, 2.24) is 0 Å². The van der Waals surface area contributed by atoms with Crippen molar-refractivity contribution in [1.29, 1.82) is 0 Å². The maximum absolute atomic E-state index is 12.9. The van der Waals surface area contributed by atoms with Gasteiger partial charge in [0.2, 0.25) is 0 Å². The molecule has 0 aliphatic carbocycles. The van der Waals surface area contributed by atoms with Gasteiger partial charge in [0.05, 0.1) is 6.61 Å². The Hall–Kier alpha value is -1.05. The number of hydrogen-bond acceptors (Lipinski definition) is 1. The third-order valence-electron chi connectivity index (χ3n) is 1.84. The SMILES string of the molecule is CCCc1cc(F)ccc1OCC. The van der Waals surface area contributed by atoms with Gasteiger partial charge in [0.1, 0.15) is 11.6 Å². The Morgan fingerprint density at radius 2 is 2.08 bits per heavy atom. The molecule has 0 aromatic heterocycles. The summed E-state index contributed by atoms with van der Waals surface area (Å²) in [6.45, 7) is 4.63. The minimum atomic E-state index is -0.188. The molecule has 0 heterocycles. The van der Waals surface area contributed by atoms with Crippen LogP contribution in [0.15, 0.2) is 18.2 Å². The van der Waals surface area contributed by atoms with E-state index in [2.05, 4.69) is 6.92 Å². The maximum atomic E-state index is 12.9. The van der Waals surface area contributed by atoms with E-state index < -0.39 is 0 Å². The van der Waals surface area contributed by atoms with Gasteiger partial charge in [0, 0.05) is 0 Å². The number of benzene rings is 1. The Balaban J connectivity index is 2.89. The third-order valence-corrected chi connectivity index (χ3v) is 1.84. The molecule has 0 unspecified atom stereocenters. The van der Waals surface area contributed by atoms with Crippen LogP contribution in [0.25, 0.3) is 0 Å². The van der Waals surface area contributed by atoms with Gasteiger partial charge in [-0.1, -0.05) is 13.3 Å². The van der Waals surface area contributed by atoms with Crippen molar-refractivity contribution in [2.45, 2.75) is 26.7 Å². The number of rotatable bonds is 4. The lowest BCUT2D eigenvalue weighted by Crippen LogP contribution is -1.97. The quantitative estimate of drug-likeness (QED) is 0.695. The Morgan fingerprint density at radius 1 is 1.31 bits per heavy atom. The van der Waals surface area contributed by atoms with Crippen LogP contribution in [-0.4, -0.2) is 6.61 Å². The standard InChI is InChI=1S/C11H15FO/c1-3-5-9-8-10(12)6-7-11(9)13-4-2/h6-8H,3-5H2,1-2H3. The molecule has 0 aliphatic rings. The van der Waals surface area contributed by atoms with Gasteiger partial charge in [-0.25, -0.2) is 4.39 Å². The van der Waals surface area contributed by atoms with E-state index in [0.717, 1.165) is 24.2 Å². The average molecular weight is 182 g/mol. The molecule has 0 bridgehead atoms. The molecule has 1 aromatic rings. The molecule has 0 saturated heterocycles. The molecule has 0 fully saturated rings. The lowest BCUT2D eigenvalue weighted by molar-refractivity contribution is 0.335. The van der Waals surface area contributed by atoms with Gasteiger partial charge in [-0.05, 0) is 37.1 Å². The van der Waals surface area contributed by atoms with Crippen LogP contribution in [0.5, 0.6) is 5.75 Å². The largest absolute Gasteiger partial charge is 0.494 e. The predicted molar refractivity (Wildman–Crippen MR) is 51.6 cm³/mol. The van der Waals surface area contributed by atoms with Crippen molar-refractivity contribution in [3.63, 3.8) is 0 Å². The first-order chi connectivity index (χ1) is 6.27. The second-order valence-corrected chi connectivity index (χ2v) is 2.94. The van der Waals surface area contributed by atoms with Crippen molar-refractivity contribution < 1.29 is 9.13 Å². The first-order valence-corrected chi connectivity index (χ1v) is 4.69. The topological polar surface area (TPSA) is 9.23 Å². The van der Waals surface area contributed by atoms with Crippen LogP contribution in [0, 0.1) is 5.82 Å².